The van der Waals surface area contributed by atoms with E-state index in [4.69, 9.17) is 11.6 Å². The van der Waals surface area contributed by atoms with Crippen LogP contribution in [0.2, 0.25) is 5.02 Å². The number of nitrogens with zero attached hydrogens (tertiary/aromatic N) is 1. The molecule has 5 nitrogen and oxygen atoms in total. The first-order chi connectivity index (χ1) is 12.8. The van der Waals surface area contributed by atoms with Crippen LogP contribution in [0.3, 0.4) is 0 Å². The van der Waals surface area contributed by atoms with Crippen molar-refractivity contribution in [2.45, 2.75) is 25.8 Å². The van der Waals surface area contributed by atoms with Crippen molar-refractivity contribution in [1.82, 2.24) is 10.6 Å². The van der Waals surface area contributed by atoms with Crippen molar-refractivity contribution in [3.8, 4) is 0 Å². The van der Waals surface area contributed by atoms with E-state index in [0.29, 0.717) is 35.2 Å². The maximum Gasteiger partial charge on any atom is 0.191 e. The summed E-state index contributed by atoms with van der Waals surface area (Å²) in [6.07, 6.45) is 1.16. The fourth-order valence-corrected chi connectivity index (χ4v) is 3.44. The molecular weight excluding hydrogens is 389 g/mol. The number of rotatable bonds is 7. The van der Waals surface area contributed by atoms with Crippen LogP contribution in [-0.2, 0) is 28.7 Å². The van der Waals surface area contributed by atoms with Gasteiger partial charge in [0, 0.05) is 24.4 Å². The summed E-state index contributed by atoms with van der Waals surface area (Å²) in [6, 6.07) is 11.5. The molecule has 2 aromatic carbocycles. The molecule has 0 unspecified atom stereocenters. The van der Waals surface area contributed by atoms with Crippen LogP contribution < -0.4 is 10.6 Å². The lowest BCUT2D eigenvalue weighted by Crippen LogP contribution is -2.37. The molecule has 0 amide bonds. The molecule has 0 aliphatic heterocycles. The topological polar surface area (TPSA) is 70.6 Å². The molecular formula is C19H23ClFN3O2S. The van der Waals surface area contributed by atoms with E-state index in [1.807, 2.05) is 19.1 Å². The van der Waals surface area contributed by atoms with E-state index in [1.54, 1.807) is 12.1 Å². The molecule has 0 atom stereocenters. The summed E-state index contributed by atoms with van der Waals surface area (Å²) < 4.78 is 36.8. The van der Waals surface area contributed by atoms with Gasteiger partial charge >= 0.3 is 0 Å². The summed E-state index contributed by atoms with van der Waals surface area (Å²) in [7, 11) is -3.22. The molecule has 27 heavy (non-hydrogen) atoms. The van der Waals surface area contributed by atoms with Crippen LogP contribution in [0.5, 0.6) is 0 Å². The second-order valence-electron chi connectivity index (χ2n) is 6.16. The minimum atomic E-state index is -3.22. The number of hydrogen-bond acceptors (Lipinski definition) is 3. The first-order valence-electron chi connectivity index (χ1n) is 8.48. The number of benzene rings is 2. The standard InChI is InChI=1S/C19H23ClFN3O2S/c1-3-22-19(23-11-14-4-7-17(20)8-5-14)24-12-16-10-18(21)9-6-15(16)13-27(2,25)26/h4-10H,3,11-13H2,1-2H3,(H2,22,23,24). The molecule has 0 aromatic heterocycles. The third-order valence-corrected chi connectivity index (χ3v) is 4.80. The third kappa shape index (κ3) is 7.56. The minimum Gasteiger partial charge on any atom is -0.357 e. The van der Waals surface area contributed by atoms with Gasteiger partial charge in [-0.2, -0.15) is 0 Å². The van der Waals surface area contributed by atoms with Crippen LogP contribution in [0, 0.1) is 5.82 Å². The molecule has 0 heterocycles. The largest absolute Gasteiger partial charge is 0.357 e. The zero-order valence-electron chi connectivity index (χ0n) is 15.3. The first kappa shape index (κ1) is 21.2. The van der Waals surface area contributed by atoms with Crippen molar-refractivity contribution in [3.05, 3.63) is 70.0 Å². The smallest absolute Gasteiger partial charge is 0.191 e. The Morgan fingerprint density at radius 3 is 2.44 bits per heavy atom. The van der Waals surface area contributed by atoms with E-state index in [9.17, 15) is 12.8 Å². The normalized spacial score (nSPS) is 12.1. The Labute approximate surface area is 164 Å². The van der Waals surface area contributed by atoms with Crippen molar-refractivity contribution in [3.63, 3.8) is 0 Å². The average Bonchev–Trinajstić information content (AvgIpc) is 2.59. The van der Waals surface area contributed by atoms with Crippen LogP contribution in [0.4, 0.5) is 4.39 Å². The Hall–Kier alpha value is -2.12. The predicted octanol–water partition coefficient (Wildman–Crippen LogP) is 3.28. The van der Waals surface area contributed by atoms with Crippen LogP contribution in [-0.4, -0.2) is 27.2 Å². The van der Waals surface area contributed by atoms with E-state index in [-0.39, 0.29) is 12.3 Å². The number of halogens is 2. The van der Waals surface area contributed by atoms with Crippen molar-refractivity contribution < 1.29 is 12.8 Å². The maximum atomic E-state index is 13.6. The highest BCUT2D eigenvalue weighted by Gasteiger charge is 2.11. The summed E-state index contributed by atoms with van der Waals surface area (Å²) in [6.45, 7) is 3.31. The fourth-order valence-electron chi connectivity index (χ4n) is 2.46. The molecule has 2 rings (SSSR count). The lowest BCUT2D eigenvalue weighted by Gasteiger charge is -2.14. The minimum absolute atomic E-state index is 0.136. The van der Waals surface area contributed by atoms with Crippen LogP contribution >= 0.6 is 11.6 Å². The number of guanidine groups is 1. The summed E-state index contributed by atoms with van der Waals surface area (Å²) in [4.78, 5) is 4.49. The Kier molecular flexibility index (Phi) is 7.62. The second kappa shape index (κ2) is 9.71. The number of hydrogen-bond donors (Lipinski definition) is 2. The van der Waals surface area contributed by atoms with Gasteiger partial charge in [0.2, 0.25) is 0 Å². The zero-order valence-corrected chi connectivity index (χ0v) is 16.9. The zero-order chi connectivity index (χ0) is 19.9. The molecule has 0 aliphatic carbocycles. The molecule has 0 bridgehead atoms. The SMILES string of the molecule is CCNC(=NCc1ccc(Cl)cc1)NCc1cc(F)ccc1CS(C)(=O)=O. The Morgan fingerprint density at radius 1 is 1.11 bits per heavy atom. The number of aliphatic imine (C=N–C) groups is 1. The highest BCUT2D eigenvalue weighted by Crippen LogP contribution is 2.14. The van der Waals surface area contributed by atoms with E-state index in [0.717, 1.165) is 11.8 Å². The molecule has 0 saturated heterocycles. The molecule has 8 heteroatoms. The average molecular weight is 412 g/mol. The van der Waals surface area contributed by atoms with Crippen molar-refractivity contribution >= 4 is 27.4 Å². The molecule has 0 fully saturated rings. The molecule has 0 spiro atoms. The quantitative estimate of drug-likeness (QED) is 0.541. The summed E-state index contributed by atoms with van der Waals surface area (Å²) in [5.41, 5.74) is 2.15. The second-order valence-corrected chi connectivity index (χ2v) is 8.73. The summed E-state index contributed by atoms with van der Waals surface area (Å²) in [5, 5.41) is 6.91. The van der Waals surface area contributed by atoms with E-state index in [1.165, 1.54) is 18.2 Å². The Bertz CT molecular complexity index is 900. The summed E-state index contributed by atoms with van der Waals surface area (Å²) >= 11 is 5.88. The Balaban J connectivity index is 2.12. The number of sulfone groups is 1. The molecule has 0 aliphatic rings. The van der Waals surface area contributed by atoms with Crippen LogP contribution in [0.15, 0.2) is 47.5 Å². The summed E-state index contributed by atoms with van der Waals surface area (Å²) in [5.74, 6) is 0.0112. The molecule has 2 aromatic rings. The van der Waals surface area contributed by atoms with Gasteiger partial charge in [0.1, 0.15) is 5.82 Å². The van der Waals surface area contributed by atoms with E-state index < -0.39 is 15.7 Å². The van der Waals surface area contributed by atoms with Gasteiger partial charge in [-0.25, -0.2) is 17.8 Å². The van der Waals surface area contributed by atoms with Gasteiger partial charge in [-0.15, -0.1) is 0 Å². The molecule has 2 N–H and O–H groups in total. The van der Waals surface area contributed by atoms with Gasteiger partial charge < -0.3 is 10.6 Å². The van der Waals surface area contributed by atoms with Crippen molar-refractivity contribution in [2.75, 3.05) is 12.8 Å². The monoisotopic (exact) mass is 411 g/mol. The van der Waals surface area contributed by atoms with E-state index >= 15 is 0 Å². The van der Waals surface area contributed by atoms with Crippen molar-refractivity contribution in [2.24, 2.45) is 4.99 Å². The van der Waals surface area contributed by atoms with Crippen LogP contribution in [0.25, 0.3) is 0 Å². The van der Waals surface area contributed by atoms with Gasteiger partial charge in [-0.1, -0.05) is 29.8 Å². The molecule has 146 valence electrons. The van der Waals surface area contributed by atoms with Gasteiger partial charge in [-0.05, 0) is 47.9 Å². The first-order valence-corrected chi connectivity index (χ1v) is 10.9. The molecule has 0 saturated carbocycles. The third-order valence-electron chi connectivity index (χ3n) is 3.71. The van der Waals surface area contributed by atoms with Gasteiger partial charge in [0.05, 0.1) is 12.3 Å². The lowest BCUT2D eigenvalue weighted by atomic mass is 10.1. The fraction of sp³-hybridized carbons (Fsp3) is 0.316. The maximum absolute atomic E-state index is 13.6. The van der Waals surface area contributed by atoms with Gasteiger partial charge in [0.25, 0.3) is 0 Å². The Morgan fingerprint density at radius 2 is 1.81 bits per heavy atom. The van der Waals surface area contributed by atoms with Crippen LogP contribution in [0.1, 0.15) is 23.6 Å². The van der Waals surface area contributed by atoms with Crippen molar-refractivity contribution in [1.29, 1.82) is 0 Å². The predicted molar refractivity (Wildman–Crippen MR) is 108 cm³/mol. The van der Waals surface area contributed by atoms with Gasteiger partial charge in [-0.3, -0.25) is 0 Å². The highest BCUT2D eigenvalue weighted by atomic mass is 35.5. The lowest BCUT2D eigenvalue weighted by molar-refractivity contribution is 0.599. The van der Waals surface area contributed by atoms with E-state index in [2.05, 4.69) is 15.6 Å². The van der Waals surface area contributed by atoms with Gasteiger partial charge in [0.15, 0.2) is 15.8 Å². The number of nitrogens with one attached hydrogen (secondary N) is 2. The molecule has 0 radical (unpaired) electrons. The highest BCUT2D eigenvalue weighted by molar-refractivity contribution is 7.89.